The summed E-state index contributed by atoms with van der Waals surface area (Å²) in [7, 11) is 0. The Morgan fingerprint density at radius 1 is 1.19 bits per heavy atom. The monoisotopic (exact) mass is 287 g/mol. The Morgan fingerprint density at radius 2 is 2.00 bits per heavy atom. The molecule has 1 aliphatic heterocycles. The molecule has 2 aliphatic rings. The van der Waals surface area contributed by atoms with Gasteiger partial charge in [0.05, 0.1) is 6.61 Å². The Kier molecular flexibility index (Phi) is 4.54. The van der Waals surface area contributed by atoms with Crippen molar-refractivity contribution in [3.8, 4) is 5.75 Å². The van der Waals surface area contributed by atoms with Gasteiger partial charge < -0.3 is 10.5 Å². The van der Waals surface area contributed by atoms with Crippen LogP contribution < -0.4 is 10.5 Å². The fourth-order valence-corrected chi connectivity index (χ4v) is 4.23. The van der Waals surface area contributed by atoms with Crippen LogP contribution in [0.15, 0.2) is 24.3 Å². The fraction of sp³-hybridized carbons (Fsp3) is 0.684. The normalized spacial score (nSPS) is 32.6. The predicted molar refractivity (Wildman–Crippen MR) is 87.6 cm³/mol. The second-order valence-corrected chi connectivity index (χ2v) is 7.35. The minimum absolute atomic E-state index is 0.398. The number of hydrogen-bond donors (Lipinski definition) is 1. The lowest BCUT2D eigenvalue weighted by atomic mass is 9.70. The van der Waals surface area contributed by atoms with Crippen molar-refractivity contribution in [3.05, 3.63) is 29.8 Å². The maximum Gasteiger partial charge on any atom is 0.122 e. The molecule has 2 nitrogen and oxygen atoms in total. The van der Waals surface area contributed by atoms with Gasteiger partial charge in [-0.25, -0.2) is 0 Å². The van der Waals surface area contributed by atoms with E-state index in [0.717, 1.165) is 30.6 Å². The SMILES string of the molecule is CC(C)C1CCC(N)C(CC2CCOc3ccccc32)C1. The standard InChI is InChI=1S/C19H29NO/c1-13(2)14-7-8-18(20)16(11-14)12-15-9-10-21-19-6-4-3-5-17(15)19/h3-6,13-16,18H,7-12,20H2,1-2H3. The maximum absolute atomic E-state index is 6.45. The van der Waals surface area contributed by atoms with Crippen molar-refractivity contribution in [3.63, 3.8) is 0 Å². The van der Waals surface area contributed by atoms with Crippen LogP contribution in [0.4, 0.5) is 0 Å². The van der Waals surface area contributed by atoms with Crippen LogP contribution >= 0.6 is 0 Å². The molecule has 2 N–H and O–H groups in total. The summed E-state index contributed by atoms with van der Waals surface area (Å²) in [6.07, 6.45) is 6.23. The van der Waals surface area contributed by atoms with Gasteiger partial charge in [-0.3, -0.25) is 0 Å². The second-order valence-electron chi connectivity index (χ2n) is 7.35. The summed E-state index contributed by atoms with van der Waals surface area (Å²) in [5.74, 6) is 4.07. The predicted octanol–water partition coefficient (Wildman–Crippen LogP) is 4.34. The molecule has 1 aromatic carbocycles. The van der Waals surface area contributed by atoms with Crippen LogP contribution in [0.3, 0.4) is 0 Å². The highest BCUT2D eigenvalue weighted by atomic mass is 16.5. The van der Waals surface area contributed by atoms with Crippen molar-refractivity contribution in [2.24, 2.45) is 23.5 Å². The van der Waals surface area contributed by atoms with Gasteiger partial charge in [0, 0.05) is 6.04 Å². The number of para-hydroxylation sites is 1. The van der Waals surface area contributed by atoms with Gasteiger partial charge in [0.1, 0.15) is 5.75 Å². The van der Waals surface area contributed by atoms with Crippen LogP contribution in [-0.4, -0.2) is 12.6 Å². The van der Waals surface area contributed by atoms with Gasteiger partial charge in [0.2, 0.25) is 0 Å². The van der Waals surface area contributed by atoms with Crippen LogP contribution in [0.2, 0.25) is 0 Å². The molecule has 1 heterocycles. The van der Waals surface area contributed by atoms with Gasteiger partial charge in [-0.2, -0.15) is 0 Å². The molecule has 3 rings (SSSR count). The summed E-state index contributed by atoms with van der Waals surface area (Å²) in [4.78, 5) is 0. The third-order valence-electron chi connectivity index (χ3n) is 5.69. The van der Waals surface area contributed by atoms with E-state index in [9.17, 15) is 0 Å². The van der Waals surface area contributed by atoms with Gasteiger partial charge in [-0.15, -0.1) is 0 Å². The molecule has 0 radical (unpaired) electrons. The molecule has 1 saturated carbocycles. The van der Waals surface area contributed by atoms with Crippen LogP contribution in [0, 0.1) is 17.8 Å². The van der Waals surface area contributed by atoms with Gasteiger partial charge in [-0.1, -0.05) is 32.0 Å². The number of nitrogens with two attached hydrogens (primary N) is 1. The summed E-state index contributed by atoms with van der Waals surface area (Å²) in [6.45, 7) is 5.59. The van der Waals surface area contributed by atoms with Gasteiger partial charge in [0.25, 0.3) is 0 Å². The van der Waals surface area contributed by atoms with E-state index < -0.39 is 0 Å². The van der Waals surface area contributed by atoms with Gasteiger partial charge in [0.15, 0.2) is 0 Å². The zero-order valence-electron chi connectivity index (χ0n) is 13.4. The Hall–Kier alpha value is -1.02. The quantitative estimate of drug-likeness (QED) is 0.897. The lowest BCUT2D eigenvalue weighted by Crippen LogP contribution is -2.38. The fourth-order valence-electron chi connectivity index (χ4n) is 4.23. The molecule has 0 saturated heterocycles. The number of hydrogen-bond acceptors (Lipinski definition) is 2. The first-order valence-electron chi connectivity index (χ1n) is 8.62. The van der Waals surface area contributed by atoms with Gasteiger partial charge >= 0.3 is 0 Å². The minimum Gasteiger partial charge on any atom is -0.493 e. The summed E-state index contributed by atoms with van der Waals surface area (Å²) in [5, 5.41) is 0. The molecule has 4 unspecified atom stereocenters. The first-order valence-corrected chi connectivity index (χ1v) is 8.62. The van der Waals surface area contributed by atoms with E-state index >= 15 is 0 Å². The number of fused-ring (bicyclic) bond motifs is 1. The van der Waals surface area contributed by atoms with E-state index in [2.05, 4.69) is 38.1 Å². The molecule has 0 spiro atoms. The molecule has 4 atom stereocenters. The first-order chi connectivity index (χ1) is 10.1. The second kappa shape index (κ2) is 6.39. The molecule has 116 valence electrons. The molecular formula is C19H29NO. The average Bonchev–Trinajstić information content (AvgIpc) is 2.49. The lowest BCUT2D eigenvalue weighted by Gasteiger charge is -2.38. The van der Waals surface area contributed by atoms with Crippen LogP contribution in [0.5, 0.6) is 5.75 Å². The summed E-state index contributed by atoms with van der Waals surface area (Å²) in [6, 6.07) is 8.96. The summed E-state index contributed by atoms with van der Waals surface area (Å²) in [5.41, 5.74) is 7.85. The Balaban J connectivity index is 1.71. The van der Waals surface area contributed by atoms with E-state index in [1.807, 2.05) is 0 Å². The molecule has 2 heteroatoms. The minimum atomic E-state index is 0.398. The van der Waals surface area contributed by atoms with Crippen LogP contribution in [-0.2, 0) is 0 Å². The summed E-state index contributed by atoms with van der Waals surface area (Å²) < 4.78 is 5.80. The molecule has 1 aliphatic carbocycles. The van der Waals surface area contributed by atoms with E-state index in [1.165, 1.54) is 31.2 Å². The molecule has 0 amide bonds. The number of rotatable bonds is 3. The highest BCUT2D eigenvalue weighted by molar-refractivity contribution is 5.37. The summed E-state index contributed by atoms with van der Waals surface area (Å²) >= 11 is 0. The third kappa shape index (κ3) is 3.26. The van der Waals surface area contributed by atoms with Crippen molar-refractivity contribution in [2.75, 3.05) is 6.61 Å². The molecule has 0 aromatic heterocycles. The van der Waals surface area contributed by atoms with Crippen molar-refractivity contribution < 1.29 is 4.74 Å². The zero-order chi connectivity index (χ0) is 14.8. The van der Waals surface area contributed by atoms with Crippen molar-refractivity contribution in [2.45, 2.75) is 57.9 Å². The zero-order valence-corrected chi connectivity index (χ0v) is 13.4. The Labute approximate surface area is 129 Å². The molecule has 1 fully saturated rings. The van der Waals surface area contributed by atoms with E-state index in [-0.39, 0.29) is 0 Å². The van der Waals surface area contributed by atoms with Crippen molar-refractivity contribution in [1.29, 1.82) is 0 Å². The molecular weight excluding hydrogens is 258 g/mol. The Morgan fingerprint density at radius 3 is 2.81 bits per heavy atom. The Bertz CT molecular complexity index is 470. The average molecular weight is 287 g/mol. The first kappa shape index (κ1) is 14.9. The van der Waals surface area contributed by atoms with E-state index in [0.29, 0.717) is 17.9 Å². The molecule has 21 heavy (non-hydrogen) atoms. The van der Waals surface area contributed by atoms with E-state index in [4.69, 9.17) is 10.5 Å². The topological polar surface area (TPSA) is 35.2 Å². The third-order valence-corrected chi connectivity index (χ3v) is 5.69. The highest BCUT2D eigenvalue weighted by Crippen LogP contribution is 2.42. The van der Waals surface area contributed by atoms with E-state index in [1.54, 1.807) is 0 Å². The van der Waals surface area contributed by atoms with Crippen molar-refractivity contribution >= 4 is 0 Å². The van der Waals surface area contributed by atoms with Gasteiger partial charge in [-0.05, 0) is 67.4 Å². The maximum atomic E-state index is 6.45. The van der Waals surface area contributed by atoms with Crippen molar-refractivity contribution in [1.82, 2.24) is 0 Å². The smallest absolute Gasteiger partial charge is 0.122 e. The molecule has 1 aromatic rings. The van der Waals surface area contributed by atoms with Crippen LogP contribution in [0.1, 0.15) is 57.4 Å². The number of ether oxygens (including phenoxy) is 1. The largest absolute Gasteiger partial charge is 0.493 e. The lowest BCUT2D eigenvalue weighted by molar-refractivity contribution is 0.164. The van der Waals surface area contributed by atoms with Crippen LogP contribution in [0.25, 0.3) is 0 Å². The highest BCUT2D eigenvalue weighted by Gasteiger charge is 2.33. The molecule has 0 bridgehead atoms. The number of benzene rings is 1.